The van der Waals surface area contributed by atoms with Crippen LogP contribution in [0.15, 0.2) is 40.1 Å². The lowest BCUT2D eigenvalue weighted by Crippen LogP contribution is -2.12. The number of hydrogen-bond donors (Lipinski definition) is 1. The van der Waals surface area contributed by atoms with Crippen LogP contribution in [0.5, 0.6) is 5.75 Å². The Kier molecular flexibility index (Phi) is 5.36. The van der Waals surface area contributed by atoms with Crippen molar-refractivity contribution in [2.45, 2.75) is 37.8 Å². The van der Waals surface area contributed by atoms with Gasteiger partial charge in [0.15, 0.2) is 5.82 Å². The summed E-state index contributed by atoms with van der Waals surface area (Å²) in [6.07, 6.45) is 1.51. The van der Waals surface area contributed by atoms with Crippen LogP contribution >= 0.6 is 11.8 Å². The van der Waals surface area contributed by atoms with E-state index in [9.17, 15) is 10.1 Å². The van der Waals surface area contributed by atoms with Gasteiger partial charge < -0.3 is 15.0 Å². The average Bonchev–Trinajstić information content (AvgIpc) is 3.18. The molecule has 0 radical (unpaired) electrons. The molecule has 0 aliphatic rings. The van der Waals surface area contributed by atoms with Crippen molar-refractivity contribution in [1.82, 2.24) is 14.9 Å². The first-order valence-corrected chi connectivity index (χ1v) is 9.17. The molecule has 0 saturated heterocycles. The number of nitrogens with two attached hydrogens (primary N) is 1. The third-order valence-electron chi connectivity index (χ3n) is 3.74. The molecule has 10 heteroatoms. The Balaban J connectivity index is 1.84. The molecule has 142 valence electrons. The van der Waals surface area contributed by atoms with Crippen LogP contribution in [0.25, 0.3) is 11.4 Å². The summed E-state index contributed by atoms with van der Waals surface area (Å²) in [6, 6.07) is 6.31. The zero-order chi connectivity index (χ0) is 19.6. The van der Waals surface area contributed by atoms with Gasteiger partial charge in [0, 0.05) is 23.4 Å². The molecule has 0 aliphatic carbocycles. The van der Waals surface area contributed by atoms with Crippen LogP contribution in [-0.2, 0) is 5.75 Å². The van der Waals surface area contributed by atoms with E-state index in [2.05, 4.69) is 10.2 Å². The number of nitro groups is 1. The van der Waals surface area contributed by atoms with Gasteiger partial charge in [0.2, 0.25) is 5.16 Å². The number of aryl methyl sites for hydroxylation is 1. The van der Waals surface area contributed by atoms with Crippen LogP contribution in [0.3, 0.4) is 0 Å². The molecule has 27 heavy (non-hydrogen) atoms. The molecule has 0 fully saturated rings. The van der Waals surface area contributed by atoms with Crippen molar-refractivity contribution in [3.05, 3.63) is 52.0 Å². The molecule has 0 atom stereocenters. The second-order valence-electron chi connectivity index (χ2n) is 6.07. The van der Waals surface area contributed by atoms with E-state index in [0.29, 0.717) is 33.8 Å². The van der Waals surface area contributed by atoms with Gasteiger partial charge in [0.25, 0.3) is 5.69 Å². The molecular formula is C17H19N5O4S. The third-order valence-corrected chi connectivity index (χ3v) is 4.73. The van der Waals surface area contributed by atoms with Crippen molar-refractivity contribution in [1.29, 1.82) is 0 Å². The largest absolute Gasteiger partial charge is 0.491 e. The Bertz CT molecular complexity index is 966. The lowest BCUT2D eigenvalue weighted by molar-refractivity contribution is -0.384. The van der Waals surface area contributed by atoms with Gasteiger partial charge in [-0.05, 0) is 32.9 Å². The van der Waals surface area contributed by atoms with Gasteiger partial charge in [0.1, 0.15) is 11.5 Å². The van der Waals surface area contributed by atoms with Crippen LogP contribution in [0.4, 0.5) is 5.69 Å². The highest BCUT2D eigenvalue weighted by molar-refractivity contribution is 7.98. The first kappa shape index (κ1) is 18.8. The molecule has 1 aromatic carbocycles. The minimum Gasteiger partial charge on any atom is -0.491 e. The van der Waals surface area contributed by atoms with Crippen LogP contribution in [0.1, 0.15) is 25.2 Å². The van der Waals surface area contributed by atoms with Gasteiger partial charge >= 0.3 is 0 Å². The highest BCUT2D eigenvalue weighted by Gasteiger charge is 2.18. The summed E-state index contributed by atoms with van der Waals surface area (Å²) in [5.74, 6) is 8.28. The maximum atomic E-state index is 11.1. The first-order valence-electron chi connectivity index (χ1n) is 8.18. The number of ether oxygens (including phenoxy) is 1. The normalized spacial score (nSPS) is 11.1. The van der Waals surface area contributed by atoms with Crippen molar-refractivity contribution >= 4 is 17.4 Å². The van der Waals surface area contributed by atoms with E-state index >= 15 is 0 Å². The number of furan rings is 1. The summed E-state index contributed by atoms with van der Waals surface area (Å²) in [5, 5.41) is 19.8. The molecule has 3 rings (SSSR count). The number of benzene rings is 1. The van der Waals surface area contributed by atoms with Crippen LogP contribution in [0, 0.1) is 17.0 Å². The molecule has 2 heterocycles. The van der Waals surface area contributed by atoms with E-state index in [1.54, 1.807) is 18.4 Å². The zero-order valence-electron chi connectivity index (χ0n) is 15.1. The van der Waals surface area contributed by atoms with Crippen molar-refractivity contribution in [3.63, 3.8) is 0 Å². The summed E-state index contributed by atoms with van der Waals surface area (Å²) in [5.41, 5.74) is 1.45. The topological polar surface area (TPSA) is 122 Å². The second-order valence-corrected chi connectivity index (χ2v) is 7.01. The lowest BCUT2D eigenvalue weighted by atomic mass is 10.2. The smallest absolute Gasteiger partial charge is 0.270 e. The molecule has 2 aromatic heterocycles. The molecule has 9 nitrogen and oxygen atoms in total. The highest BCUT2D eigenvalue weighted by atomic mass is 32.2. The summed E-state index contributed by atoms with van der Waals surface area (Å²) in [4.78, 5) is 10.7. The number of rotatable bonds is 7. The molecular weight excluding hydrogens is 370 g/mol. The molecule has 2 N–H and O–H groups in total. The second kappa shape index (κ2) is 7.70. The Labute approximate surface area is 159 Å². The molecule has 0 saturated carbocycles. The molecule has 0 aliphatic heterocycles. The Morgan fingerprint density at radius 2 is 2.15 bits per heavy atom. The highest BCUT2D eigenvalue weighted by Crippen LogP contribution is 2.32. The van der Waals surface area contributed by atoms with E-state index < -0.39 is 4.92 Å². The molecule has 3 aromatic rings. The summed E-state index contributed by atoms with van der Waals surface area (Å²) >= 11 is 1.32. The van der Waals surface area contributed by atoms with Crippen LogP contribution in [-0.4, -0.2) is 25.9 Å². The van der Waals surface area contributed by atoms with E-state index in [1.807, 2.05) is 20.8 Å². The van der Waals surface area contributed by atoms with Gasteiger partial charge in [-0.3, -0.25) is 10.1 Å². The number of non-ortho nitro benzene ring substituents is 1. The number of nitrogens with zero attached hydrogens (tertiary/aromatic N) is 4. The lowest BCUT2D eigenvalue weighted by Gasteiger charge is -2.13. The van der Waals surface area contributed by atoms with Crippen molar-refractivity contribution in [2.75, 3.05) is 5.84 Å². The average molecular weight is 389 g/mol. The Morgan fingerprint density at radius 3 is 2.78 bits per heavy atom. The van der Waals surface area contributed by atoms with Crippen LogP contribution in [0.2, 0.25) is 0 Å². The van der Waals surface area contributed by atoms with Crippen molar-refractivity contribution < 1.29 is 14.1 Å². The fourth-order valence-electron chi connectivity index (χ4n) is 2.48. The zero-order valence-corrected chi connectivity index (χ0v) is 15.9. The van der Waals surface area contributed by atoms with E-state index in [-0.39, 0.29) is 11.8 Å². The molecule has 0 spiro atoms. The monoisotopic (exact) mass is 389 g/mol. The Morgan fingerprint density at radius 1 is 1.37 bits per heavy atom. The number of thioether (sulfide) groups is 1. The van der Waals surface area contributed by atoms with E-state index in [4.69, 9.17) is 15.0 Å². The SMILES string of the molecule is Cc1occc1-c1nnc(SCc2cc([N+](=O)[O-])ccc2OC(C)C)n1N. The van der Waals surface area contributed by atoms with Crippen molar-refractivity contribution in [2.24, 2.45) is 0 Å². The Hall–Kier alpha value is -3.01. The fourth-order valence-corrected chi connectivity index (χ4v) is 3.31. The van der Waals surface area contributed by atoms with Crippen molar-refractivity contribution in [3.8, 4) is 17.1 Å². The summed E-state index contributed by atoms with van der Waals surface area (Å²) in [6.45, 7) is 5.61. The molecule has 0 bridgehead atoms. The number of nitro benzene ring substituents is 1. The van der Waals surface area contributed by atoms with Crippen LogP contribution < -0.4 is 10.6 Å². The predicted molar refractivity (Wildman–Crippen MR) is 101 cm³/mol. The number of nitrogen functional groups attached to an aromatic ring is 1. The molecule has 0 amide bonds. The third kappa shape index (κ3) is 4.05. The standard InChI is InChI=1S/C17H19N5O4S/c1-10(2)26-15-5-4-13(22(23)24)8-12(15)9-27-17-20-19-16(21(17)18)14-6-7-25-11(14)3/h4-8,10H,9,18H2,1-3H3. The number of aromatic nitrogens is 3. The maximum Gasteiger partial charge on any atom is 0.270 e. The van der Waals surface area contributed by atoms with Gasteiger partial charge in [-0.2, -0.15) is 0 Å². The van der Waals surface area contributed by atoms with Gasteiger partial charge in [-0.25, -0.2) is 4.68 Å². The quantitative estimate of drug-likeness (QED) is 0.282. The number of hydrogen-bond acceptors (Lipinski definition) is 8. The summed E-state index contributed by atoms with van der Waals surface area (Å²) < 4.78 is 12.4. The van der Waals surface area contributed by atoms with Gasteiger partial charge in [-0.15, -0.1) is 10.2 Å². The minimum absolute atomic E-state index is 0.00522. The van der Waals surface area contributed by atoms with E-state index in [1.165, 1.54) is 28.6 Å². The molecule has 0 unspecified atom stereocenters. The predicted octanol–water partition coefficient (Wildman–Crippen LogP) is 3.55. The maximum absolute atomic E-state index is 11.1. The van der Waals surface area contributed by atoms with E-state index in [0.717, 1.165) is 5.56 Å². The first-order chi connectivity index (χ1) is 12.9. The minimum atomic E-state index is -0.432. The van der Waals surface area contributed by atoms with Gasteiger partial charge in [-0.1, -0.05) is 11.8 Å². The summed E-state index contributed by atoms with van der Waals surface area (Å²) in [7, 11) is 0. The fraction of sp³-hybridized carbons (Fsp3) is 0.294. The van der Waals surface area contributed by atoms with Gasteiger partial charge in [0.05, 0.1) is 22.9 Å².